The van der Waals surface area contributed by atoms with E-state index >= 15 is 0 Å². The zero-order valence-electron chi connectivity index (χ0n) is 15.4. The van der Waals surface area contributed by atoms with Crippen molar-refractivity contribution in [2.24, 2.45) is 0 Å². The molecule has 0 spiro atoms. The lowest BCUT2D eigenvalue weighted by Crippen LogP contribution is -2.44. The standard InChI is InChI=1S/C18H26N2O5/c1-18(2,3)25-17(23)19-14(16(22)24-5)11-12-15(21)20(4)13-9-7-6-8-10-13/h6-10,14H,11-12H2,1-5H3,(H,19,23)/t14-/m0/s1. The number of carbonyl (C=O) groups is 3. The molecule has 2 amide bonds. The molecule has 1 aromatic rings. The number of hydrogen-bond donors (Lipinski definition) is 1. The number of rotatable bonds is 6. The second-order valence-electron chi connectivity index (χ2n) is 6.55. The molecule has 0 radical (unpaired) electrons. The Morgan fingerprint density at radius 3 is 2.28 bits per heavy atom. The van der Waals surface area contributed by atoms with Crippen molar-refractivity contribution < 1.29 is 23.9 Å². The van der Waals surface area contributed by atoms with Gasteiger partial charge in [0.15, 0.2) is 0 Å². The van der Waals surface area contributed by atoms with E-state index < -0.39 is 23.7 Å². The van der Waals surface area contributed by atoms with Crippen LogP contribution in [0.4, 0.5) is 10.5 Å². The summed E-state index contributed by atoms with van der Waals surface area (Å²) in [6.45, 7) is 5.16. The second-order valence-corrected chi connectivity index (χ2v) is 6.55. The van der Waals surface area contributed by atoms with Gasteiger partial charge < -0.3 is 19.7 Å². The topological polar surface area (TPSA) is 84.9 Å². The highest BCUT2D eigenvalue weighted by molar-refractivity contribution is 5.93. The van der Waals surface area contributed by atoms with Crippen LogP contribution in [0, 0.1) is 0 Å². The fourth-order valence-electron chi connectivity index (χ4n) is 2.07. The number of alkyl carbamates (subject to hydrolysis) is 1. The van der Waals surface area contributed by atoms with Gasteiger partial charge in [-0.15, -0.1) is 0 Å². The summed E-state index contributed by atoms with van der Waals surface area (Å²) in [5.41, 5.74) is 0.0656. The molecule has 1 N–H and O–H groups in total. The lowest BCUT2D eigenvalue weighted by atomic mass is 10.1. The number of para-hydroxylation sites is 1. The van der Waals surface area contributed by atoms with Crippen molar-refractivity contribution in [1.29, 1.82) is 0 Å². The minimum Gasteiger partial charge on any atom is -0.467 e. The van der Waals surface area contributed by atoms with Crippen molar-refractivity contribution >= 4 is 23.7 Å². The molecule has 25 heavy (non-hydrogen) atoms. The van der Waals surface area contributed by atoms with E-state index in [-0.39, 0.29) is 18.7 Å². The summed E-state index contributed by atoms with van der Waals surface area (Å²) in [6.07, 6.45) is -0.546. The first-order chi connectivity index (χ1) is 11.6. The van der Waals surface area contributed by atoms with Gasteiger partial charge in [-0.3, -0.25) is 4.79 Å². The maximum absolute atomic E-state index is 12.3. The first-order valence-corrected chi connectivity index (χ1v) is 8.03. The number of anilines is 1. The van der Waals surface area contributed by atoms with Gasteiger partial charge in [0, 0.05) is 19.2 Å². The highest BCUT2D eigenvalue weighted by Gasteiger charge is 2.26. The van der Waals surface area contributed by atoms with Gasteiger partial charge in [0.05, 0.1) is 7.11 Å². The Morgan fingerprint density at radius 1 is 1.16 bits per heavy atom. The van der Waals surface area contributed by atoms with Crippen molar-refractivity contribution in [2.75, 3.05) is 19.1 Å². The number of carbonyl (C=O) groups excluding carboxylic acids is 3. The Labute approximate surface area is 148 Å². The Bertz CT molecular complexity index is 595. The van der Waals surface area contributed by atoms with Crippen molar-refractivity contribution in [2.45, 2.75) is 45.3 Å². The molecule has 0 unspecified atom stereocenters. The minimum absolute atomic E-state index is 0.0704. The third-order valence-electron chi connectivity index (χ3n) is 3.34. The number of nitrogens with one attached hydrogen (secondary N) is 1. The number of hydrogen-bond acceptors (Lipinski definition) is 5. The Hall–Kier alpha value is -2.57. The van der Waals surface area contributed by atoms with Crippen LogP contribution in [0.2, 0.25) is 0 Å². The van der Waals surface area contributed by atoms with E-state index in [1.807, 2.05) is 30.3 Å². The third-order valence-corrected chi connectivity index (χ3v) is 3.34. The maximum Gasteiger partial charge on any atom is 0.408 e. The molecule has 0 fully saturated rings. The molecule has 7 nitrogen and oxygen atoms in total. The van der Waals surface area contributed by atoms with Gasteiger partial charge in [0.25, 0.3) is 0 Å². The van der Waals surface area contributed by atoms with Crippen LogP contribution in [0.3, 0.4) is 0 Å². The van der Waals surface area contributed by atoms with E-state index in [4.69, 9.17) is 4.74 Å². The monoisotopic (exact) mass is 350 g/mol. The molecule has 138 valence electrons. The highest BCUT2D eigenvalue weighted by atomic mass is 16.6. The first-order valence-electron chi connectivity index (χ1n) is 8.03. The van der Waals surface area contributed by atoms with E-state index in [9.17, 15) is 14.4 Å². The number of methoxy groups -OCH3 is 1. The smallest absolute Gasteiger partial charge is 0.408 e. The average Bonchev–Trinajstić information content (AvgIpc) is 2.56. The quantitative estimate of drug-likeness (QED) is 0.797. The lowest BCUT2D eigenvalue weighted by Gasteiger charge is -2.23. The molecule has 1 atom stereocenters. The first kappa shape index (κ1) is 20.5. The number of esters is 1. The second kappa shape index (κ2) is 9.05. The van der Waals surface area contributed by atoms with Gasteiger partial charge in [0.1, 0.15) is 11.6 Å². The van der Waals surface area contributed by atoms with Gasteiger partial charge >= 0.3 is 12.1 Å². The van der Waals surface area contributed by atoms with Gasteiger partial charge in [-0.05, 0) is 39.3 Å². The maximum atomic E-state index is 12.3. The molecule has 1 aromatic carbocycles. The molecule has 0 saturated carbocycles. The normalized spacial score (nSPS) is 12.0. The van der Waals surface area contributed by atoms with E-state index in [0.29, 0.717) is 0 Å². The Kier molecular flexibility index (Phi) is 7.42. The number of amides is 2. The summed E-state index contributed by atoms with van der Waals surface area (Å²) in [5.74, 6) is -0.799. The molecular formula is C18H26N2O5. The van der Waals surface area contributed by atoms with Crippen LogP contribution in [-0.2, 0) is 19.1 Å². The molecular weight excluding hydrogens is 324 g/mol. The lowest BCUT2D eigenvalue weighted by molar-refractivity contribution is -0.143. The Morgan fingerprint density at radius 2 is 1.76 bits per heavy atom. The summed E-state index contributed by atoms with van der Waals surface area (Å²) >= 11 is 0. The van der Waals surface area contributed by atoms with Gasteiger partial charge in [-0.1, -0.05) is 18.2 Å². The van der Waals surface area contributed by atoms with Crippen molar-refractivity contribution in [1.82, 2.24) is 5.32 Å². The van der Waals surface area contributed by atoms with Crippen LogP contribution < -0.4 is 10.2 Å². The highest BCUT2D eigenvalue weighted by Crippen LogP contribution is 2.14. The zero-order valence-corrected chi connectivity index (χ0v) is 15.4. The summed E-state index contributed by atoms with van der Waals surface area (Å²) in [7, 11) is 2.89. The largest absolute Gasteiger partial charge is 0.467 e. The van der Waals surface area contributed by atoms with E-state index in [2.05, 4.69) is 10.1 Å². The SMILES string of the molecule is COC(=O)[C@H](CCC(=O)N(C)c1ccccc1)NC(=O)OC(C)(C)C. The fourth-order valence-corrected chi connectivity index (χ4v) is 2.07. The molecule has 0 aliphatic rings. The minimum atomic E-state index is -0.951. The number of benzene rings is 1. The van der Waals surface area contributed by atoms with Crippen molar-refractivity contribution in [3.63, 3.8) is 0 Å². The molecule has 7 heteroatoms. The predicted molar refractivity (Wildman–Crippen MR) is 94.3 cm³/mol. The molecule has 0 heterocycles. The molecule has 0 aromatic heterocycles. The van der Waals surface area contributed by atoms with Gasteiger partial charge in [-0.25, -0.2) is 9.59 Å². The van der Waals surface area contributed by atoms with Crippen LogP contribution in [0.5, 0.6) is 0 Å². The third kappa shape index (κ3) is 7.24. The van der Waals surface area contributed by atoms with Gasteiger partial charge in [-0.2, -0.15) is 0 Å². The number of nitrogens with zero attached hydrogens (tertiary/aromatic N) is 1. The van der Waals surface area contributed by atoms with Crippen molar-refractivity contribution in [3.8, 4) is 0 Å². The molecule has 0 aliphatic carbocycles. The summed E-state index contributed by atoms with van der Waals surface area (Å²) in [4.78, 5) is 37.5. The van der Waals surface area contributed by atoms with E-state index in [1.165, 1.54) is 12.0 Å². The van der Waals surface area contributed by atoms with E-state index in [0.717, 1.165) is 5.69 Å². The zero-order chi connectivity index (χ0) is 19.0. The van der Waals surface area contributed by atoms with Crippen LogP contribution in [0.1, 0.15) is 33.6 Å². The van der Waals surface area contributed by atoms with Gasteiger partial charge in [0.2, 0.25) is 5.91 Å². The number of ether oxygens (including phenoxy) is 2. The molecule has 0 saturated heterocycles. The predicted octanol–water partition coefficient (Wildman–Crippen LogP) is 2.50. The Balaban J connectivity index is 2.65. The van der Waals surface area contributed by atoms with Crippen LogP contribution >= 0.6 is 0 Å². The summed E-state index contributed by atoms with van der Waals surface area (Å²) in [6, 6.07) is 8.21. The van der Waals surface area contributed by atoms with Crippen LogP contribution in [0.25, 0.3) is 0 Å². The average molecular weight is 350 g/mol. The summed E-state index contributed by atoms with van der Waals surface area (Å²) in [5, 5.41) is 2.45. The summed E-state index contributed by atoms with van der Waals surface area (Å²) < 4.78 is 9.82. The van der Waals surface area contributed by atoms with Crippen molar-refractivity contribution in [3.05, 3.63) is 30.3 Å². The molecule has 0 bridgehead atoms. The van der Waals surface area contributed by atoms with Crippen LogP contribution in [-0.4, -0.2) is 43.8 Å². The van der Waals surface area contributed by atoms with E-state index in [1.54, 1.807) is 27.8 Å². The fraction of sp³-hybridized carbons (Fsp3) is 0.500. The van der Waals surface area contributed by atoms with Crippen LogP contribution in [0.15, 0.2) is 30.3 Å². The molecule has 1 rings (SSSR count). The molecule has 0 aliphatic heterocycles.